The molecule has 0 aromatic heterocycles. The molecule has 4 heteroatoms. The molecule has 19 heavy (non-hydrogen) atoms. The van der Waals surface area contributed by atoms with Crippen LogP contribution in [0.15, 0.2) is 40.9 Å². The van der Waals surface area contributed by atoms with Crippen LogP contribution in [-0.4, -0.2) is 0 Å². The monoisotopic (exact) mass is 325 g/mol. The van der Waals surface area contributed by atoms with Crippen molar-refractivity contribution < 1.29 is 8.78 Å². The van der Waals surface area contributed by atoms with Crippen LogP contribution in [0, 0.1) is 18.6 Å². The summed E-state index contributed by atoms with van der Waals surface area (Å²) in [4.78, 5) is 0. The molecule has 0 saturated heterocycles. The summed E-state index contributed by atoms with van der Waals surface area (Å²) in [5, 5.41) is 0. The fourth-order valence-corrected chi connectivity index (χ4v) is 2.49. The van der Waals surface area contributed by atoms with Crippen LogP contribution in [-0.2, 0) is 6.42 Å². The Morgan fingerprint density at radius 3 is 2.53 bits per heavy atom. The molecule has 0 aliphatic rings. The number of aryl methyl sites for hydroxylation is 1. The molecular formula is C15H14BrF2N. The summed E-state index contributed by atoms with van der Waals surface area (Å²) in [6, 6.07) is 8.81. The zero-order valence-corrected chi connectivity index (χ0v) is 12.0. The SMILES string of the molecule is Cc1ccc(F)cc1CC(N)c1cc(F)cc(Br)c1. The van der Waals surface area contributed by atoms with Gasteiger partial charge in [0.2, 0.25) is 0 Å². The Bertz CT molecular complexity index is 578. The lowest BCUT2D eigenvalue weighted by Gasteiger charge is -2.14. The Balaban J connectivity index is 2.25. The van der Waals surface area contributed by atoms with E-state index in [1.807, 2.05) is 6.92 Å². The topological polar surface area (TPSA) is 26.0 Å². The van der Waals surface area contributed by atoms with Gasteiger partial charge in [0.15, 0.2) is 0 Å². The first-order chi connectivity index (χ1) is 8.95. The number of rotatable bonds is 3. The van der Waals surface area contributed by atoms with Crippen molar-refractivity contribution in [1.29, 1.82) is 0 Å². The third-order valence-corrected chi connectivity index (χ3v) is 3.52. The van der Waals surface area contributed by atoms with Gasteiger partial charge in [0.1, 0.15) is 11.6 Å². The number of benzene rings is 2. The highest BCUT2D eigenvalue weighted by atomic mass is 79.9. The molecule has 2 aromatic rings. The molecule has 2 rings (SSSR count). The van der Waals surface area contributed by atoms with E-state index in [9.17, 15) is 8.78 Å². The van der Waals surface area contributed by atoms with E-state index in [1.54, 1.807) is 12.1 Å². The summed E-state index contributed by atoms with van der Waals surface area (Å²) in [7, 11) is 0. The standard InChI is InChI=1S/C15H14BrF2N/c1-9-2-3-13(17)5-10(9)7-15(19)11-4-12(16)8-14(18)6-11/h2-6,8,15H,7,19H2,1H3. The van der Waals surface area contributed by atoms with Gasteiger partial charge in [-0.2, -0.15) is 0 Å². The van der Waals surface area contributed by atoms with Crippen molar-refractivity contribution in [2.45, 2.75) is 19.4 Å². The van der Waals surface area contributed by atoms with E-state index in [2.05, 4.69) is 15.9 Å². The third kappa shape index (κ3) is 3.61. The lowest BCUT2D eigenvalue weighted by atomic mass is 9.96. The first-order valence-corrected chi connectivity index (χ1v) is 6.71. The molecule has 0 spiro atoms. The summed E-state index contributed by atoms with van der Waals surface area (Å²) >= 11 is 3.24. The highest BCUT2D eigenvalue weighted by molar-refractivity contribution is 9.10. The lowest BCUT2D eigenvalue weighted by Crippen LogP contribution is -2.14. The minimum Gasteiger partial charge on any atom is -0.324 e. The van der Waals surface area contributed by atoms with Crippen molar-refractivity contribution in [3.05, 3.63) is 69.2 Å². The summed E-state index contributed by atoms with van der Waals surface area (Å²) in [5.74, 6) is -0.621. The van der Waals surface area contributed by atoms with Gasteiger partial charge in [-0.1, -0.05) is 22.0 Å². The second kappa shape index (κ2) is 5.80. The number of hydrogen-bond acceptors (Lipinski definition) is 1. The molecule has 2 N–H and O–H groups in total. The normalized spacial score (nSPS) is 12.5. The minimum absolute atomic E-state index is 0.284. The lowest BCUT2D eigenvalue weighted by molar-refractivity contribution is 0.612. The van der Waals surface area contributed by atoms with Gasteiger partial charge in [-0.25, -0.2) is 8.78 Å². The minimum atomic E-state index is -0.368. The van der Waals surface area contributed by atoms with Crippen LogP contribution in [0.1, 0.15) is 22.7 Å². The molecular weight excluding hydrogens is 312 g/mol. The van der Waals surface area contributed by atoms with E-state index in [4.69, 9.17) is 5.73 Å². The summed E-state index contributed by atoms with van der Waals surface area (Å²) < 4.78 is 27.2. The zero-order chi connectivity index (χ0) is 14.0. The molecule has 1 unspecified atom stereocenters. The maximum absolute atomic E-state index is 13.3. The fourth-order valence-electron chi connectivity index (χ4n) is 2.00. The van der Waals surface area contributed by atoms with Gasteiger partial charge in [0, 0.05) is 10.5 Å². The Morgan fingerprint density at radius 2 is 1.84 bits per heavy atom. The summed E-state index contributed by atoms with van der Waals surface area (Å²) in [6.07, 6.45) is 0.472. The molecule has 0 radical (unpaired) electrons. The van der Waals surface area contributed by atoms with Crippen LogP contribution in [0.4, 0.5) is 8.78 Å². The van der Waals surface area contributed by atoms with E-state index < -0.39 is 0 Å². The maximum Gasteiger partial charge on any atom is 0.124 e. The third-order valence-electron chi connectivity index (χ3n) is 3.06. The van der Waals surface area contributed by atoms with E-state index in [-0.39, 0.29) is 17.7 Å². The van der Waals surface area contributed by atoms with Crippen LogP contribution in [0.2, 0.25) is 0 Å². The molecule has 0 heterocycles. The smallest absolute Gasteiger partial charge is 0.124 e. The molecule has 1 atom stereocenters. The number of nitrogens with two attached hydrogens (primary N) is 1. The first-order valence-electron chi connectivity index (χ1n) is 5.92. The van der Waals surface area contributed by atoms with Crippen molar-refractivity contribution in [3.8, 4) is 0 Å². The number of halogens is 3. The Hall–Kier alpha value is -1.26. The Labute approximate surface area is 119 Å². The summed E-state index contributed by atoms with van der Waals surface area (Å²) in [5.41, 5.74) is 8.58. The average molecular weight is 326 g/mol. The average Bonchev–Trinajstić information content (AvgIpc) is 2.32. The van der Waals surface area contributed by atoms with Crippen molar-refractivity contribution in [2.75, 3.05) is 0 Å². The van der Waals surface area contributed by atoms with Gasteiger partial charge < -0.3 is 5.73 Å². The molecule has 100 valence electrons. The molecule has 2 aromatic carbocycles. The van der Waals surface area contributed by atoms with E-state index >= 15 is 0 Å². The maximum atomic E-state index is 13.3. The Morgan fingerprint density at radius 1 is 1.11 bits per heavy atom. The van der Waals surface area contributed by atoms with Crippen molar-refractivity contribution in [1.82, 2.24) is 0 Å². The van der Waals surface area contributed by atoms with Gasteiger partial charge in [0.05, 0.1) is 0 Å². The van der Waals surface area contributed by atoms with Gasteiger partial charge in [-0.05, 0) is 60.4 Å². The first kappa shape index (κ1) is 14.2. The summed E-state index contributed by atoms with van der Waals surface area (Å²) in [6.45, 7) is 1.91. The largest absolute Gasteiger partial charge is 0.324 e. The van der Waals surface area contributed by atoms with Crippen molar-refractivity contribution in [3.63, 3.8) is 0 Å². The van der Waals surface area contributed by atoms with E-state index in [0.717, 1.165) is 11.1 Å². The van der Waals surface area contributed by atoms with E-state index in [1.165, 1.54) is 24.3 Å². The highest BCUT2D eigenvalue weighted by Crippen LogP contribution is 2.23. The molecule has 0 bridgehead atoms. The van der Waals surface area contributed by atoms with E-state index in [0.29, 0.717) is 16.5 Å². The van der Waals surface area contributed by atoms with Crippen LogP contribution >= 0.6 is 15.9 Å². The molecule has 0 saturated carbocycles. The van der Waals surface area contributed by atoms with Crippen molar-refractivity contribution in [2.24, 2.45) is 5.73 Å². The second-order valence-electron chi connectivity index (χ2n) is 4.58. The van der Waals surface area contributed by atoms with Crippen molar-refractivity contribution >= 4 is 15.9 Å². The zero-order valence-electron chi connectivity index (χ0n) is 10.5. The van der Waals surface area contributed by atoms with Crippen LogP contribution < -0.4 is 5.73 Å². The fraction of sp³-hybridized carbons (Fsp3) is 0.200. The highest BCUT2D eigenvalue weighted by Gasteiger charge is 2.11. The van der Waals surface area contributed by atoms with Gasteiger partial charge >= 0.3 is 0 Å². The second-order valence-corrected chi connectivity index (χ2v) is 5.50. The van der Waals surface area contributed by atoms with Gasteiger partial charge in [0.25, 0.3) is 0 Å². The van der Waals surface area contributed by atoms with Gasteiger partial charge in [-0.15, -0.1) is 0 Å². The van der Waals surface area contributed by atoms with Gasteiger partial charge in [-0.3, -0.25) is 0 Å². The van der Waals surface area contributed by atoms with Crippen LogP contribution in [0.5, 0.6) is 0 Å². The Kier molecular flexibility index (Phi) is 4.32. The molecule has 0 fully saturated rings. The molecule has 0 aliphatic heterocycles. The quantitative estimate of drug-likeness (QED) is 0.895. The number of hydrogen-bond donors (Lipinski definition) is 1. The molecule has 1 nitrogen and oxygen atoms in total. The van der Waals surface area contributed by atoms with Crippen LogP contribution in [0.3, 0.4) is 0 Å². The van der Waals surface area contributed by atoms with Crippen LogP contribution in [0.25, 0.3) is 0 Å². The molecule has 0 aliphatic carbocycles. The predicted molar refractivity (Wildman–Crippen MR) is 75.9 cm³/mol. The molecule has 0 amide bonds. The predicted octanol–water partition coefficient (Wildman–Crippen LogP) is 4.28.